The lowest BCUT2D eigenvalue weighted by atomic mass is 9.93. The number of aliphatic hydroxyl groups is 1. The highest BCUT2D eigenvalue weighted by Crippen LogP contribution is 2.32. The standard InChI is InChI=1S/C24H25N3O4/c28-14-17-13-20(23(29)25-17)15-5-6-16-12-21(26-24(30)19(16)11-15)18-3-1-2-4-22(18)27-7-9-31-10-8-27/h1-6,11-12,17,20,28H,7-10,13-14H2,(H,25,29)(H,26,30)/t17?,20-/m0/s1. The van der Waals surface area contributed by atoms with E-state index in [-0.39, 0.29) is 30.0 Å². The Kier molecular flexibility index (Phi) is 5.21. The van der Waals surface area contributed by atoms with Crippen LogP contribution in [0.1, 0.15) is 17.9 Å². The predicted octanol–water partition coefficient (Wildman–Crippen LogP) is 2.00. The molecule has 1 amide bonds. The van der Waals surface area contributed by atoms with E-state index < -0.39 is 0 Å². The topological polar surface area (TPSA) is 94.7 Å². The van der Waals surface area contributed by atoms with Gasteiger partial charge in [0.05, 0.1) is 37.5 Å². The van der Waals surface area contributed by atoms with Crippen molar-refractivity contribution in [2.24, 2.45) is 0 Å². The molecule has 2 atom stereocenters. The molecule has 1 aromatic heterocycles. The fourth-order valence-electron chi connectivity index (χ4n) is 4.58. The van der Waals surface area contributed by atoms with Crippen molar-refractivity contribution in [1.82, 2.24) is 10.3 Å². The number of morpholine rings is 1. The van der Waals surface area contributed by atoms with Crippen LogP contribution in [0.5, 0.6) is 0 Å². The van der Waals surface area contributed by atoms with E-state index >= 15 is 0 Å². The van der Waals surface area contributed by atoms with E-state index in [0.29, 0.717) is 25.0 Å². The van der Waals surface area contributed by atoms with Gasteiger partial charge in [0.15, 0.2) is 0 Å². The lowest BCUT2D eigenvalue weighted by Crippen LogP contribution is -2.36. The van der Waals surface area contributed by atoms with E-state index in [4.69, 9.17) is 4.74 Å². The predicted molar refractivity (Wildman–Crippen MR) is 119 cm³/mol. The molecule has 0 radical (unpaired) electrons. The Labute approximate surface area is 179 Å². The van der Waals surface area contributed by atoms with Gasteiger partial charge in [-0.3, -0.25) is 9.59 Å². The Morgan fingerprint density at radius 1 is 1.06 bits per heavy atom. The number of nitrogens with zero attached hydrogens (tertiary/aromatic N) is 1. The van der Waals surface area contributed by atoms with Gasteiger partial charge in [-0.2, -0.15) is 0 Å². The van der Waals surface area contributed by atoms with Crippen LogP contribution >= 0.6 is 0 Å². The molecule has 2 fully saturated rings. The number of ether oxygens (including phenoxy) is 1. The van der Waals surface area contributed by atoms with Crippen molar-refractivity contribution < 1.29 is 14.6 Å². The average Bonchev–Trinajstić information content (AvgIpc) is 3.20. The van der Waals surface area contributed by atoms with Crippen molar-refractivity contribution in [2.45, 2.75) is 18.4 Å². The van der Waals surface area contributed by atoms with Crippen molar-refractivity contribution >= 4 is 22.4 Å². The molecule has 7 heteroatoms. The third-order valence-electron chi connectivity index (χ3n) is 6.22. The fourth-order valence-corrected chi connectivity index (χ4v) is 4.58. The van der Waals surface area contributed by atoms with Gasteiger partial charge >= 0.3 is 0 Å². The number of rotatable bonds is 4. The van der Waals surface area contributed by atoms with Gasteiger partial charge in [-0.1, -0.05) is 30.3 Å². The smallest absolute Gasteiger partial charge is 0.256 e. The van der Waals surface area contributed by atoms with Gasteiger partial charge in [-0.05, 0) is 35.6 Å². The van der Waals surface area contributed by atoms with Gasteiger partial charge in [0.1, 0.15) is 0 Å². The van der Waals surface area contributed by atoms with Crippen molar-refractivity contribution in [3.8, 4) is 11.3 Å². The summed E-state index contributed by atoms with van der Waals surface area (Å²) in [5, 5.41) is 13.5. The van der Waals surface area contributed by atoms with Gasteiger partial charge in [-0.15, -0.1) is 0 Å². The molecular weight excluding hydrogens is 394 g/mol. The number of fused-ring (bicyclic) bond motifs is 1. The number of aliphatic hydroxyl groups excluding tert-OH is 1. The van der Waals surface area contributed by atoms with E-state index in [1.54, 1.807) is 6.07 Å². The van der Waals surface area contributed by atoms with Crippen LogP contribution in [0.25, 0.3) is 22.0 Å². The summed E-state index contributed by atoms with van der Waals surface area (Å²) < 4.78 is 5.48. The van der Waals surface area contributed by atoms with Gasteiger partial charge in [0.25, 0.3) is 5.56 Å². The lowest BCUT2D eigenvalue weighted by molar-refractivity contribution is -0.120. The van der Waals surface area contributed by atoms with Crippen molar-refractivity contribution in [2.75, 3.05) is 37.8 Å². The number of hydrogen-bond acceptors (Lipinski definition) is 5. The van der Waals surface area contributed by atoms with Crippen LogP contribution in [-0.2, 0) is 9.53 Å². The second-order valence-corrected chi connectivity index (χ2v) is 8.15. The number of H-pyrrole nitrogens is 1. The van der Waals surface area contributed by atoms with E-state index in [9.17, 15) is 14.7 Å². The molecule has 2 aliphatic heterocycles. The molecule has 3 N–H and O–H groups in total. The molecule has 0 aliphatic carbocycles. The summed E-state index contributed by atoms with van der Waals surface area (Å²) in [5.41, 5.74) is 3.45. The number of nitrogens with one attached hydrogen (secondary N) is 2. The van der Waals surface area contributed by atoms with Crippen molar-refractivity contribution in [1.29, 1.82) is 0 Å². The summed E-state index contributed by atoms with van der Waals surface area (Å²) in [5.74, 6) is -0.450. The number of para-hydroxylation sites is 1. The zero-order valence-electron chi connectivity index (χ0n) is 17.1. The minimum absolute atomic E-state index is 0.0810. The zero-order valence-corrected chi connectivity index (χ0v) is 17.1. The molecule has 2 saturated heterocycles. The molecule has 7 nitrogen and oxygen atoms in total. The molecular formula is C24H25N3O4. The molecule has 2 aromatic carbocycles. The minimum atomic E-state index is -0.345. The number of benzene rings is 2. The highest BCUT2D eigenvalue weighted by Gasteiger charge is 2.32. The Balaban J connectivity index is 1.53. The monoisotopic (exact) mass is 419 g/mol. The number of anilines is 1. The highest BCUT2D eigenvalue weighted by molar-refractivity contribution is 5.91. The molecule has 2 aliphatic rings. The molecule has 1 unspecified atom stereocenters. The molecule has 5 rings (SSSR count). The summed E-state index contributed by atoms with van der Waals surface area (Å²) in [6.07, 6.45) is 0.532. The Hall–Kier alpha value is -3.16. The van der Waals surface area contributed by atoms with Crippen LogP contribution in [-0.4, -0.2) is 54.9 Å². The average molecular weight is 419 g/mol. The van der Waals surface area contributed by atoms with E-state index in [2.05, 4.69) is 21.3 Å². The van der Waals surface area contributed by atoms with Crippen LogP contribution in [0.15, 0.2) is 53.3 Å². The molecule has 160 valence electrons. The summed E-state index contributed by atoms with van der Waals surface area (Å²) in [7, 11) is 0. The van der Waals surface area contributed by atoms with Crippen molar-refractivity contribution in [3.05, 3.63) is 64.4 Å². The second kappa shape index (κ2) is 8.17. The summed E-state index contributed by atoms with van der Waals surface area (Å²) >= 11 is 0. The molecule has 3 heterocycles. The molecule has 0 saturated carbocycles. The van der Waals surface area contributed by atoms with E-state index in [0.717, 1.165) is 41.0 Å². The van der Waals surface area contributed by atoms with Gasteiger partial charge in [0, 0.05) is 29.7 Å². The molecule has 31 heavy (non-hydrogen) atoms. The maximum Gasteiger partial charge on any atom is 0.256 e. The van der Waals surface area contributed by atoms with Gasteiger partial charge < -0.3 is 25.0 Å². The van der Waals surface area contributed by atoms with E-state index in [1.807, 2.05) is 36.4 Å². The number of aromatic nitrogens is 1. The first kappa shape index (κ1) is 19.8. The molecule has 0 bridgehead atoms. The number of aromatic amines is 1. The Bertz CT molecular complexity index is 1180. The highest BCUT2D eigenvalue weighted by atomic mass is 16.5. The van der Waals surface area contributed by atoms with Crippen LogP contribution in [0.2, 0.25) is 0 Å². The lowest BCUT2D eigenvalue weighted by Gasteiger charge is -2.30. The third-order valence-corrected chi connectivity index (χ3v) is 6.22. The number of amides is 1. The third kappa shape index (κ3) is 3.71. The van der Waals surface area contributed by atoms with Gasteiger partial charge in [-0.25, -0.2) is 0 Å². The van der Waals surface area contributed by atoms with E-state index in [1.165, 1.54) is 0 Å². The Morgan fingerprint density at radius 2 is 1.87 bits per heavy atom. The first-order valence-electron chi connectivity index (χ1n) is 10.6. The number of carbonyl (C=O) groups excluding carboxylic acids is 1. The Morgan fingerprint density at radius 3 is 2.65 bits per heavy atom. The summed E-state index contributed by atoms with van der Waals surface area (Å²) in [6, 6.07) is 15.4. The van der Waals surface area contributed by atoms with Gasteiger partial charge in [0.2, 0.25) is 5.91 Å². The number of hydrogen-bond donors (Lipinski definition) is 3. The first-order valence-corrected chi connectivity index (χ1v) is 10.6. The van der Waals surface area contributed by atoms with Crippen molar-refractivity contribution in [3.63, 3.8) is 0 Å². The SMILES string of the molecule is O=C1NC(CO)C[C@H]1c1ccc2cc(-c3ccccc3N3CCOCC3)[nH]c(=O)c2c1. The maximum absolute atomic E-state index is 13.0. The normalized spacial score (nSPS) is 21.5. The first-order chi connectivity index (χ1) is 15.1. The zero-order chi connectivity index (χ0) is 21.4. The molecule has 0 spiro atoms. The number of pyridine rings is 1. The quantitative estimate of drug-likeness (QED) is 0.601. The fraction of sp³-hybridized carbons (Fsp3) is 0.333. The second-order valence-electron chi connectivity index (χ2n) is 8.15. The number of carbonyl (C=O) groups is 1. The summed E-state index contributed by atoms with van der Waals surface area (Å²) in [4.78, 5) is 30.6. The molecule has 3 aromatic rings. The van der Waals surface area contributed by atoms with Crippen LogP contribution in [0.4, 0.5) is 5.69 Å². The largest absolute Gasteiger partial charge is 0.394 e. The van der Waals surface area contributed by atoms with Crippen LogP contribution in [0.3, 0.4) is 0 Å². The van der Waals surface area contributed by atoms with Crippen LogP contribution < -0.4 is 15.8 Å². The van der Waals surface area contributed by atoms with Crippen LogP contribution in [0, 0.1) is 0 Å². The maximum atomic E-state index is 13.0. The summed E-state index contributed by atoms with van der Waals surface area (Å²) in [6.45, 7) is 2.93. The minimum Gasteiger partial charge on any atom is -0.394 e.